The summed E-state index contributed by atoms with van der Waals surface area (Å²) < 4.78 is 8.95. The van der Waals surface area contributed by atoms with Crippen molar-refractivity contribution < 1.29 is 4.74 Å². The van der Waals surface area contributed by atoms with Crippen molar-refractivity contribution in [2.75, 3.05) is 0 Å². The zero-order valence-electron chi connectivity index (χ0n) is 11.9. The summed E-state index contributed by atoms with van der Waals surface area (Å²) in [6.07, 6.45) is 0.903. The van der Waals surface area contributed by atoms with Gasteiger partial charge in [-0.15, -0.1) is 0 Å². The number of nitrogens with zero attached hydrogens (tertiary/aromatic N) is 2. The minimum Gasteiger partial charge on any atom is -0.487 e. The Morgan fingerprint density at radius 3 is 2.70 bits per heavy atom. The number of aromatic nitrogens is 2. The summed E-state index contributed by atoms with van der Waals surface area (Å²) in [4.78, 5) is 0. The first kappa shape index (κ1) is 15.1. The van der Waals surface area contributed by atoms with Crippen LogP contribution >= 0.6 is 15.9 Å². The van der Waals surface area contributed by atoms with Crippen LogP contribution in [-0.4, -0.2) is 9.78 Å². The molecule has 2 N–H and O–H groups in total. The van der Waals surface area contributed by atoms with E-state index in [0.717, 1.165) is 40.1 Å². The Bertz CT molecular complexity index is 580. The van der Waals surface area contributed by atoms with Gasteiger partial charge in [0.2, 0.25) is 0 Å². The van der Waals surface area contributed by atoms with Crippen LogP contribution in [0, 0.1) is 0 Å². The van der Waals surface area contributed by atoms with Crippen molar-refractivity contribution in [1.29, 1.82) is 0 Å². The molecule has 2 rings (SSSR count). The molecule has 20 heavy (non-hydrogen) atoms. The third-order valence-corrected chi connectivity index (χ3v) is 4.17. The molecule has 0 atom stereocenters. The van der Waals surface area contributed by atoms with Gasteiger partial charge in [0.05, 0.1) is 15.9 Å². The highest BCUT2D eigenvalue weighted by Crippen LogP contribution is 2.25. The molecule has 1 aromatic heterocycles. The maximum absolute atomic E-state index is 5.92. The highest BCUT2D eigenvalue weighted by molar-refractivity contribution is 9.10. The van der Waals surface area contributed by atoms with Crippen LogP contribution in [-0.2, 0) is 26.1 Å². The molecule has 5 heteroatoms. The summed E-state index contributed by atoms with van der Waals surface area (Å²) in [5, 5.41) is 4.57. The zero-order valence-corrected chi connectivity index (χ0v) is 13.5. The Labute approximate surface area is 128 Å². The first-order valence-electron chi connectivity index (χ1n) is 6.86. The van der Waals surface area contributed by atoms with E-state index < -0.39 is 0 Å². The lowest BCUT2D eigenvalue weighted by Crippen LogP contribution is -2.08. The number of benzene rings is 1. The second kappa shape index (κ2) is 6.90. The topological polar surface area (TPSA) is 53.1 Å². The monoisotopic (exact) mass is 337 g/mol. The van der Waals surface area contributed by atoms with Gasteiger partial charge >= 0.3 is 0 Å². The van der Waals surface area contributed by atoms with Crippen LogP contribution in [0.2, 0.25) is 0 Å². The van der Waals surface area contributed by atoms with E-state index >= 15 is 0 Å². The van der Waals surface area contributed by atoms with Gasteiger partial charge in [-0.25, -0.2) is 0 Å². The van der Waals surface area contributed by atoms with E-state index in [1.807, 2.05) is 28.9 Å². The van der Waals surface area contributed by atoms with Gasteiger partial charge in [0, 0.05) is 18.7 Å². The van der Waals surface area contributed by atoms with Gasteiger partial charge in [-0.2, -0.15) is 5.10 Å². The summed E-state index contributed by atoms with van der Waals surface area (Å²) in [6, 6.07) is 7.86. The predicted octanol–water partition coefficient (Wildman–Crippen LogP) is 3.27. The number of rotatable bonds is 6. The highest BCUT2D eigenvalue weighted by atomic mass is 79.9. The lowest BCUT2D eigenvalue weighted by Gasteiger charge is -2.11. The molecule has 2 aromatic rings. The molecule has 1 aromatic carbocycles. The highest BCUT2D eigenvalue weighted by Gasteiger charge is 2.14. The Morgan fingerprint density at radius 2 is 2.05 bits per heavy atom. The van der Waals surface area contributed by atoms with E-state index in [-0.39, 0.29) is 0 Å². The summed E-state index contributed by atoms with van der Waals surface area (Å²) in [7, 11) is 0. The molecular weight excluding hydrogens is 318 g/mol. The largest absolute Gasteiger partial charge is 0.487 e. The van der Waals surface area contributed by atoms with Crippen molar-refractivity contribution in [2.24, 2.45) is 5.73 Å². The van der Waals surface area contributed by atoms with Gasteiger partial charge in [0.1, 0.15) is 12.4 Å². The molecule has 0 aliphatic heterocycles. The molecule has 0 bridgehead atoms. The summed E-state index contributed by atoms with van der Waals surface area (Å²) in [6.45, 7) is 5.97. The van der Waals surface area contributed by atoms with Crippen LogP contribution in [0.1, 0.15) is 30.8 Å². The maximum Gasteiger partial charge on any atom is 0.131 e. The number of para-hydroxylation sites is 1. The number of hydrogen-bond donors (Lipinski definition) is 1. The quantitative estimate of drug-likeness (QED) is 0.880. The predicted molar refractivity (Wildman–Crippen MR) is 83.6 cm³/mol. The fraction of sp³-hybridized carbons (Fsp3) is 0.400. The minimum absolute atomic E-state index is 0.477. The van der Waals surface area contributed by atoms with Crippen LogP contribution in [0.5, 0.6) is 5.75 Å². The van der Waals surface area contributed by atoms with Crippen molar-refractivity contribution in [2.45, 2.75) is 40.0 Å². The first-order chi connectivity index (χ1) is 9.71. The number of halogens is 1. The zero-order chi connectivity index (χ0) is 14.5. The fourth-order valence-electron chi connectivity index (χ4n) is 2.11. The first-order valence-corrected chi connectivity index (χ1v) is 7.65. The lowest BCUT2D eigenvalue weighted by molar-refractivity contribution is 0.289. The Kier molecular flexibility index (Phi) is 5.20. The number of ether oxygens (including phenoxy) is 1. The van der Waals surface area contributed by atoms with Crippen molar-refractivity contribution in [3.63, 3.8) is 0 Å². The average molecular weight is 338 g/mol. The molecule has 0 saturated heterocycles. The molecule has 0 aliphatic rings. The van der Waals surface area contributed by atoms with Crippen molar-refractivity contribution >= 4 is 15.9 Å². The molecule has 0 saturated carbocycles. The van der Waals surface area contributed by atoms with Gasteiger partial charge < -0.3 is 10.5 Å². The fourth-order valence-corrected chi connectivity index (χ4v) is 2.79. The number of aryl methyl sites for hydroxylation is 2. The summed E-state index contributed by atoms with van der Waals surface area (Å²) in [5.41, 5.74) is 8.87. The molecular formula is C15H20BrN3O. The molecule has 0 aliphatic carbocycles. The third kappa shape index (κ3) is 3.04. The van der Waals surface area contributed by atoms with Gasteiger partial charge in [-0.3, -0.25) is 4.68 Å². The second-order valence-corrected chi connectivity index (χ2v) is 5.27. The van der Waals surface area contributed by atoms with Crippen LogP contribution in [0.4, 0.5) is 0 Å². The van der Waals surface area contributed by atoms with Crippen LogP contribution in [0.25, 0.3) is 0 Å². The van der Waals surface area contributed by atoms with Crippen LogP contribution < -0.4 is 10.5 Å². The normalized spacial score (nSPS) is 10.8. The number of hydrogen-bond acceptors (Lipinski definition) is 3. The van der Waals surface area contributed by atoms with Gasteiger partial charge in [0.15, 0.2) is 0 Å². The Morgan fingerprint density at radius 1 is 1.30 bits per heavy atom. The smallest absolute Gasteiger partial charge is 0.131 e. The van der Waals surface area contributed by atoms with Crippen molar-refractivity contribution in [1.82, 2.24) is 9.78 Å². The molecule has 1 heterocycles. The van der Waals surface area contributed by atoms with Gasteiger partial charge in [-0.1, -0.05) is 25.1 Å². The maximum atomic E-state index is 5.92. The van der Waals surface area contributed by atoms with E-state index in [0.29, 0.717) is 13.2 Å². The van der Waals surface area contributed by atoms with E-state index in [4.69, 9.17) is 10.5 Å². The molecule has 0 radical (unpaired) electrons. The third-order valence-electron chi connectivity index (χ3n) is 3.25. The Hall–Kier alpha value is -1.33. The minimum atomic E-state index is 0.477. The van der Waals surface area contributed by atoms with Crippen LogP contribution in [0.3, 0.4) is 0 Å². The second-order valence-electron chi connectivity index (χ2n) is 4.48. The van der Waals surface area contributed by atoms with E-state index in [1.54, 1.807) is 0 Å². The van der Waals surface area contributed by atoms with E-state index in [1.165, 1.54) is 0 Å². The average Bonchev–Trinajstić information content (AvgIpc) is 2.81. The van der Waals surface area contributed by atoms with Crippen molar-refractivity contribution in [3.8, 4) is 5.75 Å². The van der Waals surface area contributed by atoms with E-state index in [2.05, 4.69) is 34.9 Å². The SMILES string of the molecule is CCc1nn(CC)c(COc2ccccc2CN)c1Br. The van der Waals surface area contributed by atoms with Gasteiger partial charge in [-0.05, 0) is 35.3 Å². The molecule has 0 amide bonds. The standard InChI is InChI=1S/C15H20BrN3O/c1-3-12-15(16)13(19(4-2)18-12)10-20-14-8-6-5-7-11(14)9-17/h5-8H,3-4,9-10,17H2,1-2H3. The molecule has 0 unspecified atom stereocenters. The lowest BCUT2D eigenvalue weighted by atomic mass is 10.2. The molecule has 4 nitrogen and oxygen atoms in total. The molecule has 0 spiro atoms. The summed E-state index contributed by atoms with van der Waals surface area (Å²) in [5.74, 6) is 0.837. The van der Waals surface area contributed by atoms with Gasteiger partial charge in [0.25, 0.3) is 0 Å². The van der Waals surface area contributed by atoms with E-state index in [9.17, 15) is 0 Å². The molecule has 0 fully saturated rings. The van der Waals surface area contributed by atoms with Crippen LogP contribution in [0.15, 0.2) is 28.7 Å². The number of nitrogens with two attached hydrogens (primary N) is 1. The Balaban J connectivity index is 2.20. The van der Waals surface area contributed by atoms with Crippen molar-refractivity contribution in [3.05, 3.63) is 45.7 Å². The molecule has 108 valence electrons. The summed E-state index contributed by atoms with van der Waals surface area (Å²) >= 11 is 3.62.